The molecule has 0 saturated carbocycles. The van der Waals surface area contributed by atoms with Crippen LogP contribution in [-0.2, 0) is 14.2 Å². The predicted octanol–water partition coefficient (Wildman–Crippen LogP) is 7.35. The quantitative estimate of drug-likeness (QED) is 0.0929. The number of ether oxygens (including phenoxy) is 3. The smallest absolute Gasteiger partial charge is 0.407 e. The van der Waals surface area contributed by atoms with E-state index in [1.807, 2.05) is 72.5 Å². The van der Waals surface area contributed by atoms with Crippen molar-refractivity contribution in [1.82, 2.24) is 15.5 Å². The van der Waals surface area contributed by atoms with E-state index in [0.717, 1.165) is 39.5 Å². The SMILES string of the molecule is C=C1C=C(C2CN(C(=O)c3ccc(NC(O)NC(/C=C(\C)C(C)(C)C)=C(/CNC(=O)OC)OC)c4ccccc34)CC(c3ccccc3)O2)C=CC1. The molecule has 274 valence electrons. The van der Waals surface area contributed by atoms with Gasteiger partial charge in [-0.2, -0.15) is 0 Å². The zero-order valence-electron chi connectivity index (χ0n) is 30.9. The number of carbonyl (C=O) groups is 2. The van der Waals surface area contributed by atoms with Crippen LogP contribution >= 0.6 is 0 Å². The molecular formula is C42H50N4O6. The van der Waals surface area contributed by atoms with Crippen LogP contribution in [-0.4, -0.2) is 68.3 Å². The molecule has 0 radical (unpaired) electrons. The Morgan fingerprint density at radius 1 is 1.00 bits per heavy atom. The summed E-state index contributed by atoms with van der Waals surface area (Å²) < 4.78 is 17.0. The van der Waals surface area contributed by atoms with E-state index >= 15 is 0 Å². The third-order valence-corrected chi connectivity index (χ3v) is 9.40. The fourth-order valence-electron chi connectivity index (χ4n) is 6.10. The van der Waals surface area contributed by atoms with E-state index in [1.54, 1.807) is 12.1 Å². The molecule has 5 rings (SSSR count). The van der Waals surface area contributed by atoms with E-state index in [2.05, 4.69) is 61.5 Å². The lowest BCUT2D eigenvalue weighted by atomic mass is 9.87. The topological polar surface area (TPSA) is 121 Å². The predicted molar refractivity (Wildman–Crippen MR) is 205 cm³/mol. The summed E-state index contributed by atoms with van der Waals surface area (Å²) in [6.45, 7) is 13.2. The molecule has 3 unspecified atom stereocenters. The number of carbonyl (C=O) groups excluding carboxylic acids is 2. The number of allylic oxidation sites excluding steroid dienone is 5. The van der Waals surface area contributed by atoms with Gasteiger partial charge in [-0.15, -0.1) is 0 Å². The summed E-state index contributed by atoms with van der Waals surface area (Å²) in [5.74, 6) is 0.285. The second kappa shape index (κ2) is 16.8. The maximum Gasteiger partial charge on any atom is 0.407 e. The molecule has 10 heteroatoms. The van der Waals surface area contributed by atoms with Crippen molar-refractivity contribution in [1.29, 1.82) is 0 Å². The van der Waals surface area contributed by atoms with Gasteiger partial charge in [0.15, 0.2) is 0 Å². The molecule has 1 aliphatic heterocycles. The zero-order chi connectivity index (χ0) is 37.4. The van der Waals surface area contributed by atoms with Crippen LogP contribution in [0.25, 0.3) is 10.8 Å². The molecule has 3 aromatic rings. The van der Waals surface area contributed by atoms with Crippen LogP contribution in [0, 0.1) is 5.41 Å². The molecular weight excluding hydrogens is 656 g/mol. The average molecular weight is 707 g/mol. The number of amides is 2. The minimum atomic E-state index is -1.27. The second-order valence-corrected chi connectivity index (χ2v) is 14.0. The van der Waals surface area contributed by atoms with E-state index < -0.39 is 12.4 Å². The molecule has 3 atom stereocenters. The van der Waals surface area contributed by atoms with E-state index in [-0.39, 0.29) is 30.1 Å². The first kappa shape index (κ1) is 37.9. The number of nitrogens with one attached hydrogen (secondary N) is 3. The molecule has 10 nitrogen and oxygen atoms in total. The number of benzene rings is 3. The highest BCUT2D eigenvalue weighted by atomic mass is 16.5. The molecule has 4 N–H and O–H groups in total. The minimum absolute atomic E-state index is 0.0295. The number of anilines is 1. The lowest BCUT2D eigenvalue weighted by Crippen LogP contribution is -2.47. The van der Waals surface area contributed by atoms with Gasteiger partial charge in [-0.25, -0.2) is 4.79 Å². The fraction of sp³-hybridized carbons (Fsp3) is 0.333. The van der Waals surface area contributed by atoms with Gasteiger partial charge in [0.2, 0.25) is 6.35 Å². The fourth-order valence-corrected chi connectivity index (χ4v) is 6.10. The number of hydrogen-bond acceptors (Lipinski definition) is 8. The van der Waals surface area contributed by atoms with Crippen molar-refractivity contribution < 1.29 is 28.9 Å². The Balaban J connectivity index is 1.43. The number of nitrogens with zero attached hydrogens (tertiary/aromatic N) is 1. The van der Waals surface area contributed by atoms with Gasteiger partial charge < -0.3 is 40.2 Å². The van der Waals surface area contributed by atoms with Crippen LogP contribution in [0.1, 0.15) is 56.1 Å². The van der Waals surface area contributed by atoms with Crippen LogP contribution < -0.4 is 16.0 Å². The molecule has 52 heavy (non-hydrogen) atoms. The van der Waals surface area contributed by atoms with Gasteiger partial charge in [0.25, 0.3) is 5.91 Å². The highest BCUT2D eigenvalue weighted by Crippen LogP contribution is 2.34. The van der Waals surface area contributed by atoms with Crippen LogP contribution in [0.4, 0.5) is 10.5 Å². The number of hydrogen-bond donors (Lipinski definition) is 4. The average Bonchev–Trinajstić information content (AvgIpc) is 3.14. The van der Waals surface area contributed by atoms with Gasteiger partial charge in [0.05, 0.1) is 39.6 Å². The van der Waals surface area contributed by atoms with Crippen molar-refractivity contribution in [2.24, 2.45) is 5.41 Å². The van der Waals surface area contributed by atoms with Gasteiger partial charge in [-0.3, -0.25) is 4.79 Å². The summed E-state index contributed by atoms with van der Waals surface area (Å²) in [5.41, 5.74) is 5.51. The van der Waals surface area contributed by atoms with Crippen molar-refractivity contribution in [3.05, 3.63) is 137 Å². The van der Waals surface area contributed by atoms with Crippen LogP contribution in [0.5, 0.6) is 0 Å². The number of methoxy groups -OCH3 is 2. The third-order valence-electron chi connectivity index (χ3n) is 9.40. The summed E-state index contributed by atoms with van der Waals surface area (Å²) in [7, 11) is 2.78. The summed E-state index contributed by atoms with van der Waals surface area (Å²) in [4.78, 5) is 28.2. The van der Waals surface area contributed by atoms with Gasteiger partial charge in [0.1, 0.15) is 18.0 Å². The maximum absolute atomic E-state index is 14.5. The van der Waals surface area contributed by atoms with Crippen molar-refractivity contribution in [2.75, 3.05) is 39.2 Å². The Kier molecular flexibility index (Phi) is 12.3. The molecule has 3 aromatic carbocycles. The van der Waals surface area contributed by atoms with Gasteiger partial charge in [-0.1, -0.05) is 111 Å². The van der Waals surface area contributed by atoms with Crippen LogP contribution in [0.2, 0.25) is 0 Å². The lowest BCUT2D eigenvalue weighted by molar-refractivity contribution is -0.0601. The number of aliphatic hydroxyl groups is 1. The van der Waals surface area contributed by atoms with Gasteiger partial charge in [-0.05, 0) is 53.5 Å². The molecule has 1 fully saturated rings. The third kappa shape index (κ3) is 9.31. The number of fused-ring (bicyclic) bond motifs is 1. The standard InChI is InChI=1S/C42H50N4O6/c1-27-14-13-17-30(22-27)38-26-46(25-37(52-38)29-15-9-8-10-16-29)39(47)33-20-21-34(32-19-12-11-18-31(32)33)44-40(48)45-35(23-28(2)42(3,4)5)36(50-6)24-43-41(49)51-7/h8-13,15-23,37-38,40,44-45,48H,1,14,24-26H2,2-7H3,(H,43,49)/b28-23+,36-35-. The molecule has 0 aromatic heterocycles. The number of alkyl carbamates (subject to hydrolysis) is 1. The Morgan fingerprint density at radius 3 is 2.37 bits per heavy atom. The van der Waals surface area contributed by atoms with Crippen molar-refractivity contribution in [2.45, 2.75) is 52.7 Å². The molecule has 0 spiro atoms. The van der Waals surface area contributed by atoms with Crippen molar-refractivity contribution in [3.8, 4) is 0 Å². The molecule has 2 amide bonds. The zero-order valence-corrected chi connectivity index (χ0v) is 30.9. The Labute approximate surface area is 306 Å². The maximum atomic E-state index is 14.5. The van der Waals surface area contributed by atoms with E-state index in [4.69, 9.17) is 14.2 Å². The first-order valence-electron chi connectivity index (χ1n) is 17.4. The lowest BCUT2D eigenvalue weighted by Gasteiger charge is -2.39. The Morgan fingerprint density at radius 2 is 1.69 bits per heavy atom. The first-order chi connectivity index (χ1) is 24.9. The Hall–Kier alpha value is -5.32. The monoisotopic (exact) mass is 706 g/mol. The molecule has 0 bridgehead atoms. The van der Waals surface area contributed by atoms with Crippen LogP contribution in [0.15, 0.2) is 126 Å². The summed E-state index contributed by atoms with van der Waals surface area (Å²) in [5, 5.41) is 21.7. The van der Waals surface area contributed by atoms with Gasteiger partial charge in [0, 0.05) is 16.6 Å². The largest absolute Gasteiger partial charge is 0.497 e. The van der Waals surface area contributed by atoms with Crippen LogP contribution in [0.3, 0.4) is 0 Å². The Bertz CT molecular complexity index is 1910. The number of rotatable bonds is 11. The first-order valence-corrected chi connectivity index (χ1v) is 17.4. The van der Waals surface area contributed by atoms with E-state index in [9.17, 15) is 14.7 Å². The second-order valence-electron chi connectivity index (χ2n) is 14.0. The van der Waals surface area contributed by atoms with Crippen molar-refractivity contribution in [3.63, 3.8) is 0 Å². The number of aliphatic hydroxyl groups excluding tert-OH is 1. The minimum Gasteiger partial charge on any atom is -0.497 e. The number of morpholine rings is 1. The molecule has 1 saturated heterocycles. The highest BCUT2D eigenvalue weighted by Gasteiger charge is 2.34. The normalized spacial score (nSPS) is 19.0. The van der Waals surface area contributed by atoms with E-state index in [0.29, 0.717) is 35.8 Å². The molecule has 2 aliphatic rings. The molecule has 1 heterocycles. The summed E-state index contributed by atoms with van der Waals surface area (Å²) in [6.07, 6.45) is 6.38. The van der Waals surface area contributed by atoms with Gasteiger partial charge >= 0.3 is 6.09 Å². The molecule has 1 aliphatic carbocycles. The summed E-state index contributed by atoms with van der Waals surface area (Å²) >= 11 is 0. The van der Waals surface area contributed by atoms with Crippen molar-refractivity contribution >= 4 is 28.5 Å². The summed E-state index contributed by atoms with van der Waals surface area (Å²) in [6, 6.07) is 21.2. The highest BCUT2D eigenvalue weighted by molar-refractivity contribution is 6.10. The van der Waals surface area contributed by atoms with E-state index in [1.165, 1.54) is 14.2 Å².